The van der Waals surface area contributed by atoms with Crippen LogP contribution in [0.1, 0.15) is 12.8 Å². The minimum atomic E-state index is 0.527. The standard InChI is InChI=1S/C15H25N3O3/c1-19-9-7-18(8-10-20-2)14-6-5-13(16)15(17-14)21-11-12-3-4-12/h5-6,12H,3-4,7-11,16H2,1-2H3. The quantitative estimate of drug-likeness (QED) is 0.706. The largest absolute Gasteiger partial charge is 0.476 e. The van der Waals surface area contributed by atoms with Crippen LogP contribution >= 0.6 is 0 Å². The first-order valence-corrected chi connectivity index (χ1v) is 7.36. The highest BCUT2D eigenvalue weighted by Crippen LogP contribution is 2.31. The molecule has 1 heterocycles. The summed E-state index contributed by atoms with van der Waals surface area (Å²) in [6, 6.07) is 3.75. The third kappa shape index (κ3) is 5.06. The van der Waals surface area contributed by atoms with Gasteiger partial charge in [-0.25, -0.2) is 0 Å². The zero-order valence-corrected chi connectivity index (χ0v) is 12.9. The lowest BCUT2D eigenvalue weighted by Gasteiger charge is -2.23. The summed E-state index contributed by atoms with van der Waals surface area (Å²) < 4.78 is 16.0. The summed E-state index contributed by atoms with van der Waals surface area (Å²) in [5.41, 5.74) is 6.52. The number of aromatic nitrogens is 1. The summed E-state index contributed by atoms with van der Waals surface area (Å²) >= 11 is 0. The molecule has 0 saturated heterocycles. The van der Waals surface area contributed by atoms with E-state index < -0.39 is 0 Å². The molecule has 6 heteroatoms. The second kappa shape index (κ2) is 8.05. The fraction of sp³-hybridized carbons (Fsp3) is 0.667. The number of nitrogen functional groups attached to an aromatic ring is 1. The molecule has 0 amide bonds. The zero-order valence-electron chi connectivity index (χ0n) is 12.9. The zero-order chi connectivity index (χ0) is 15.1. The summed E-state index contributed by atoms with van der Waals surface area (Å²) in [5.74, 6) is 2.04. The number of nitrogens with zero attached hydrogens (tertiary/aromatic N) is 2. The van der Waals surface area contributed by atoms with Gasteiger partial charge in [-0.3, -0.25) is 0 Å². The van der Waals surface area contributed by atoms with E-state index in [0.29, 0.717) is 37.3 Å². The minimum absolute atomic E-state index is 0.527. The van der Waals surface area contributed by atoms with Crippen molar-refractivity contribution in [1.29, 1.82) is 0 Å². The molecule has 1 aromatic rings. The van der Waals surface area contributed by atoms with Crippen molar-refractivity contribution in [2.24, 2.45) is 5.92 Å². The van der Waals surface area contributed by atoms with Crippen LogP contribution in [0.15, 0.2) is 12.1 Å². The summed E-state index contributed by atoms with van der Waals surface area (Å²) in [6.07, 6.45) is 2.49. The fourth-order valence-corrected chi connectivity index (χ4v) is 1.96. The molecule has 6 nitrogen and oxygen atoms in total. The summed E-state index contributed by atoms with van der Waals surface area (Å²) in [5, 5.41) is 0. The highest BCUT2D eigenvalue weighted by Gasteiger charge is 2.22. The van der Waals surface area contributed by atoms with Crippen molar-refractivity contribution in [2.75, 3.05) is 57.8 Å². The summed E-state index contributed by atoms with van der Waals surface area (Å²) in [6.45, 7) is 3.47. The first-order valence-electron chi connectivity index (χ1n) is 7.36. The lowest BCUT2D eigenvalue weighted by atomic mass is 10.3. The summed E-state index contributed by atoms with van der Waals surface area (Å²) in [4.78, 5) is 6.65. The number of hydrogen-bond acceptors (Lipinski definition) is 6. The third-order valence-corrected chi connectivity index (χ3v) is 3.48. The van der Waals surface area contributed by atoms with Crippen LogP contribution in [0.2, 0.25) is 0 Å². The van der Waals surface area contributed by atoms with E-state index in [1.807, 2.05) is 12.1 Å². The highest BCUT2D eigenvalue weighted by molar-refractivity contribution is 5.54. The topological polar surface area (TPSA) is 69.8 Å². The van der Waals surface area contributed by atoms with Gasteiger partial charge in [0, 0.05) is 27.3 Å². The highest BCUT2D eigenvalue weighted by atomic mass is 16.5. The maximum Gasteiger partial charge on any atom is 0.239 e. The lowest BCUT2D eigenvalue weighted by molar-refractivity contribution is 0.190. The van der Waals surface area contributed by atoms with Crippen molar-refractivity contribution >= 4 is 11.5 Å². The molecule has 0 aromatic carbocycles. The molecule has 118 valence electrons. The van der Waals surface area contributed by atoms with E-state index in [1.54, 1.807) is 14.2 Å². The van der Waals surface area contributed by atoms with E-state index in [1.165, 1.54) is 12.8 Å². The Labute approximate surface area is 126 Å². The normalized spacial score (nSPS) is 14.2. The van der Waals surface area contributed by atoms with E-state index in [-0.39, 0.29) is 0 Å². The number of ether oxygens (including phenoxy) is 3. The van der Waals surface area contributed by atoms with Crippen LogP contribution in [0.25, 0.3) is 0 Å². The monoisotopic (exact) mass is 295 g/mol. The first-order chi connectivity index (χ1) is 10.2. The van der Waals surface area contributed by atoms with Gasteiger partial charge in [0.15, 0.2) is 0 Å². The van der Waals surface area contributed by atoms with Crippen LogP contribution in [0.4, 0.5) is 11.5 Å². The van der Waals surface area contributed by atoms with Crippen LogP contribution in [0, 0.1) is 5.92 Å². The van der Waals surface area contributed by atoms with Gasteiger partial charge in [-0.1, -0.05) is 0 Å². The first kappa shape index (κ1) is 15.9. The number of rotatable bonds is 10. The SMILES string of the molecule is COCCN(CCOC)c1ccc(N)c(OCC2CC2)n1. The van der Waals surface area contributed by atoms with E-state index >= 15 is 0 Å². The Kier molecular flexibility index (Phi) is 6.07. The molecule has 0 radical (unpaired) electrons. The Balaban J connectivity index is 2.04. The molecule has 0 bridgehead atoms. The molecule has 2 rings (SSSR count). The minimum Gasteiger partial charge on any atom is -0.476 e. The van der Waals surface area contributed by atoms with Crippen LogP contribution < -0.4 is 15.4 Å². The van der Waals surface area contributed by atoms with Gasteiger partial charge in [0.25, 0.3) is 0 Å². The molecule has 0 atom stereocenters. The lowest BCUT2D eigenvalue weighted by Crippen LogP contribution is -2.31. The van der Waals surface area contributed by atoms with Crippen molar-refractivity contribution in [2.45, 2.75) is 12.8 Å². The van der Waals surface area contributed by atoms with Crippen molar-refractivity contribution in [3.05, 3.63) is 12.1 Å². The van der Waals surface area contributed by atoms with E-state index in [2.05, 4.69) is 9.88 Å². The van der Waals surface area contributed by atoms with Crippen molar-refractivity contribution < 1.29 is 14.2 Å². The summed E-state index contributed by atoms with van der Waals surface area (Å²) in [7, 11) is 3.38. The Morgan fingerprint density at radius 3 is 2.43 bits per heavy atom. The molecule has 1 saturated carbocycles. The van der Waals surface area contributed by atoms with Gasteiger partial charge in [0.05, 0.1) is 25.5 Å². The third-order valence-electron chi connectivity index (χ3n) is 3.48. The Morgan fingerprint density at radius 1 is 1.19 bits per heavy atom. The molecule has 1 aliphatic carbocycles. The van der Waals surface area contributed by atoms with Gasteiger partial charge in [0.1, 0.15) is 5.82 Å². The number of anilines is 2. The smallest absolute Gasteiger partial charge is 0.239 e. The Hall–Kier alpha value is -1.53. The Bertz CT molecular complexity index is 430. The van der Waals surface area contributed by atoms with Crippen LogP contribution in [0.5, 0.6) is 5.88 Å². The van der Waals surface area contributed by atoms with E-state index in [9.17, 15) is 0 Å². The van der Waals surface area contributed by atoms with Gasteiger partial charge in [0.2, 0.25) is 5.88 Å². The molecule has 1 aromatic heterocycles. The van der Waals surface area contributed by atoms with Crippen molar-refractivity contribution in [1.82, 2.24) is 4.98 Å². The van der Waals surface area contributed by atoms with E-state index in [0.717, 1.165) is 18.9 Å². The number of pyridine rings is 1. The predicted molar refractivity (Wildman–Crippen MR) is 82.8 cm³/mol. The molecule has 1 fully saturated rings. The fourth-order valence-electron chi connectivity index (χ4n) is 1.96. The molecular formula is C15H25N3O3. The maximum absolute atomic E-state index is 5.94. The average Bonchev–Trinajstić information content (AvgIpc) is 3.31. The van der Waals surface area contributed by atoms with Gasteiger partial charge < -0.3 is 24.8 Å². The van der Waals surface area contributed by atoms with E-state index in [4.69, 9.17) is 19.9 Å². The molecule has 0 aliphatic heterocycles. The van der Waals surface area contributed by atoms with Gasteiger partial charge in [-0.05, 0) is 30.9 Å². The van der Waals surface area contributed by atoms with Crippen LogP contribution in [-0.2, 0) is 9.47 Å². The number of nitrogens with two attached hydrogens (primary N) is 1. The molecule has 21 heavy (non-hydrogen) atoms. The van der Waals surface area contributed by atoms with Gasteiger partial charge in [-0.2, -0.15) is 4.98 Å². The second-order valence-electron chi connectivity index (χ2n) is 5.29. The number of methoxy groups -OCH3 is 2. The Morgan fingerprint density at radius 2 is 1.86 bits per heavy atom. The molecular weight excluding hydrogens is 270 g/mol. The second-order valence-corrected chi connectivity index (χ2v) is 5.29. The molecule has 0 spiro atoms. The molecule has 1 aliphatic rings. The predicted octanol–water partition coefficient (Wildman–Crippen LogP) is 1.55. The average molecular weight is 295 g/mol. The number of hydrogen-bond donors (Lipinski definition) is 1. The molecule has 2 N–H and O–H groups in total. The molecule has 0 unspecified atom stereocenters. The van der Waals surface area contributed by atoms with Crippen LogP contribution in [0.3, 0.4) is 0 Å². The van der Waals surface area contributed by atoms with Crippen molar-refractivity contribution in [3.63, 3.8) is 0 Å². The van der Waals surface area contributed by atoms with Crippen LogP contribution in [-0.4, -0.2) is 52.1 Å². The maximum atomic E-state index is 5.94. The van der Waals surface area contributed by atoms with Crippen molar-refractivity contribution in [3.8, 4) is 5.88 Å². The van der Waals surface area contributed by atoms with Gasteiger partial charge >= 0.3 is 0 Å². The van der Waals surface area contributed by atoms with Gasteiger partial charge in [-0.15, -0.1) is 0 Å².